The molecule has 0 aromatic carbocycles. The Balaban J connectivity index is 3.20. The van der Waals surface area contributed by atoms with E-state index < -0.39 is 0 Å². The molecule has 4 N–H and O–H groups in total. The lowest BCUT2D eigenvalue weighted by atomic mass is 10.5. The van der Waals surface area contributed by atoms with Gasteiger partial charge in [-0.2, -0.15) is 0 Å². The number of nitrogens with one attached hydrogen (secondary N) is 4. The van der Waals surface area contributed by atoms with Gasteiger partial charge < -0.3 is 15.7 Å². The predicted octanol–water partition coefficient (Wildman–Crippen LogP) is -0.258. The zero-order valence-electron chi connectivity index (χ0n) is 5.49. The van der Waals surface area contributed by atoms with Crippen molar-refractivity contribution in [3.05, 3.63) is 16.2 Å². The van der Waals surface area contributed by atoms with Gasteiger partial charge in [-0.25, -0.2) is 4.79 Å². The number of hydrogen-bond acceptors (Lipinski definition) is 3. The molecule has 0 aliphatic carbocycles. The van der Waals surface area contributed by atoms with Gasteiger partial charge in [0, 0.05) is 13.3 Å². The second-order valence-corrected chi connectivity index (χ2v) is 1.76. The van der Waals surface area contributed by atoms with Crippen molar-refractivity contribution in [1.82, 2.24) is 9.97 Å². The van der Waals surface area contributed by atoms with E-state index in [4.69, 9.17) is 5.41 Å². The molecule has 5 nitrogen and oxygen atoms in total. The lowest BCUT2D eigenvalue weighted by Gasteiger charge is -1.92. The zero-order valence-corrected chi connectivity index (χ0v) is 5.49. The summed E-state index contributed by atoms with van der Waals surface area (Å²) in [6.07, 6.45) is 1.07. The summed E-state index contributed by atoms with van der Waals surface area (Å²) in [4.78, 5) is 15.5. The number of anilines is 1. The van der Waals surface area contributed by atoms with Gasteiger partial charge in [-0.3, -0.25) is 4.98 Å². The molecule has 5 heteroatoms. The molecular formula is C5H8N4O. The molecule has 1 rings (SSSR count). The van der Waals surface area contributed by atoms with Gasteiger partial charge in [-0.15, -0.1) is 0 Å². The third-order valence-corrected chi connectivity index (χ3v) is 1.15. The third kappa shape index (κ3) is 0.928. The highest BCUT2D eigenvalue weighted by molar-refractivity contribution is 5.81. The molecule has 1 aromatic rings. The van der Waals surface area contributed by atoms with Crippen LogP contribution in [0, 0.1) is 5.41 Å². The van der Waals surface area contributed by atoms with E-state index in [9.17, 15) is 4.79 Å². The first kappa shape index (κ1) is 6.60. The van der Waals surface area contributed by atoms with E-state index in [1.165, 1.54) is 0 Å². The third-order valence-electron chi connectivity index (χ3n) is 1.15. The van der Waals surface area contributed by atoms with Crippen LogP contribution in [0.15, 0.2) is 4.79 Å². The van der Waals surface area contributed by atoms with Crippen LogP contribution in [0.4, 0.5) is 5.82 Å². The lowest BCUT2D eigenvalue weighted by Crippen LogP contribution is -2.01. The van der Waals surface area contributed by atoms with Crippen LogP contribution in [-0.2, 0) is 0 Å². The fourth-order valence-electron chi connectivity index (χ4n) is 0.702. The predicted molar refractivity (Wildman–Crippen MR) is 38.8 cm³/mol. The first-order valence-electron chi connectivity index (χ1n) is 2.78. The fourth-order valence-corrected chi connectivity index (χ4v) is 0.702. The Labute approximate surface area is 57.0 Å². The van der Waals surface area contributed by atoms with Crippen molar-refractivity contribution < 1.29 is 0 Å². The maximum absolute atomic E-state index is 10.6. The van der Waals surface area contributed by atoms with Crippen LogP contribution < -0.4 is 11.0 Å². The van der Waals surface area contributed by atoms with Crippen molar-refractivity contribution in [2.75, 3.05) is 12.4 Å². The van der Waals surface area contributed by atoms with Crippen LogP contribution >= 0.6 is 0 Å². The Morgan fingerprint density at radius 3 is 2.70 bits per heavy atom. The minimum atomic E-state index is -0.303. The Morgan fingerprint density at radius 2 is 2.30 bits per heavy atom. The quantitative estimate of drug-likeness (QED) is 0.427. The summed E-state index contributed by atoms with van der Waals surface area (Å²) in [5.41, 5.74) is 0.162. The summed E-state index contributed by atoms with van der Waals surface area (Å²) >= 11 is 0. The van der Waals surface area contributed by atoms with Gasteiger partial charge in [0.25, 0.3) is 0 Å². The van der Waals surface area contributed by atoms with E-state index in [1.807, 2.05) is 0 Å². The molecular weight excluding hydrogens is 132 g/mol. The molecule has 1 heterocycles. The largest absolute Gasteiger partial charge is 0.373 e. The lowest BCUT2D eigenvalue weighted by molar-refractivity contribution is 1.18. The molecule has 0 aliphatic heterocycles. The summed E-state index contributed by atoms with van der Waals surface area (Å²) < 4.78 is 0. The molecule has 10 heavy (non-hydrogen) atoms. The second kappa shape index (κ2) is 2.38. The number of imidazole rings is 1. The second-order valence-electron chi connectivity index (χ2n) is 1.76. The van der Waals surface area contributed by atoms with Crippen molar-refractivity contribution in [3.8, 4) is 0 Å². The molecule has 0 unspecified atom stereocenters. The SMILES string of the molecule is CNc1[nH]c(=O)[nH]c1C=N. The Bertz CT molecular complexity index is 284. The molecule has 0 amide bonds. The van der Waals surface area contributed by atoms with Crippen molar-refractivity contribution in [1.29, 1.82) is 5.41 Å². The molecule has 0 atom stereocenters. The van der Waals surface area contributed by atoms with Gasteiger partial charge in [0.1, 0.15) is 11.5 Å². The monoisotopic (exact) mass is 140 g/mol. The van der Waals surface area contributed by atoms with Crippen molar-refractivity contribution in [3.63, 3.8) is 0 Å². The van der Waals surface area contributed by atoms with E-state index in [2.05, 4.69) is 15.3 Å². The highest BCUT2D eigenvalue weighted by Crippen LogP contribution is 2.00. The van der Waals surface area contributed by atoms with E-state index >= 15 is 0 Å². The number of aromatic nitrogens is 2. The molecule has 0 bridgehead atoms. The molecule has 0 radical (unpaired) electrons. The standard InChI is InChI=1S/C5H8N4O/c1-7-4-3(2-6)8-5(10)9-4/h2,6-7H,1H3,(H2,8,9,10). The summed E-state index contributed by atoms with van der Waals surface area (Å²) in [6.45, 7) is 0. The normalized spacial score (nSPS) is 9.30. The highest BCUT2D eigenvalue weighted by Gasteiger charge is 1.99. The van der Waals surface area contributed by atoms with E-state index in [1.54, 1.807) is 7.05 Å². The van der Waals surface area contributed by atoms with E-state index in [-0.39, 0.29) is 5.69 Å². The first-order chi connectivity index (χ1) is 4.77. The summed E-state index contributed by atoms with van der Waals surface area (Å²) in [6, 6.07) is 0. The van der Waals surface area contributed by atoms with Crippen LogP contribution in [0.1, 0.15) is 5.69 Å². The Kier molecular flexibility index (Phi) is 1.57. The molecule has 0 saturated heterocycles. The van der Waals surface area contributed by atoms with Gasteiger partial charge >= 0.3 is 5.69 Å². The summed E-state index contributed by atoms with van der Waals surface area (Å²) in [5.74, 6) is 0.542. The van der Waals surface area contributed by atoms with Crippen LogP contribution in [0.2, 0.25) is 0 Å². The summed E-state index contributed by atoms with van der Waals surface area (Å²) in [5, 5.41) is 9.58. The van der Waals surface area contributed by atoms with E-state index in [0.717, 1.165) is 6.21 Å². The average Bonchev–Trinajstić information content (AvgIpc) is 2.30. The molecule has 54 valence electrons. The highest BCUT2D eigenvalue weighted by atomic mass is 16.1. The Morgan fingerprint density at radius 1 is 1.60 bits per heavy atom. The molecule has 0 fully saturated rings. The van der Waals surface area contributed by atoms with Gasteiger partial charge in [0.2, 0.25) is 0 Å². The molecule has 0 aliphatic rings. The van der Waals surface area contributed by atoms with Crippen LogP contribution in [0.3, 0.4) is 0 Å². The minimum Gasteiger partial charge on any atom is -0.373 e. The number of rotatable bonds is 2. The van der Waals surface area contributed by atoms with Crippen molar-refractivity contribution in [2.45, 2.75) is 0 Å². The zero-order chi connectivity index (χ0) is 7.56. The smallest absolute Gasteiger partial charge is 0.324 e. The van der Waals surface area contributed by atoms with Crippen molar-refractivity contribution >= 4 is 12.0 Å². The summed E-state index contributed by atoms with van der Waals surface area (Å²) in [7, 11) is 1.67. The fraction of sp³-hybridized carbons (Fsp3) is 0.200. The van der Waals surface area contributed by atoms with Crippen molar-refractivity contribution in [2.24, 2.45) is 0 Å². The van der Waals surface area contributed by atoms with Gasteiger partial charge in [0.05, 0.1) is 0 Å². The maximum Gasteiger partial charge on any atom is 0.324 e. The number of hydrogen-bond donors (Lipinski definition) is 4. The average molecular weight is 140 g/mol. The number of H-pyrrole nitrogens is 2. The Hall–Kier alpha value is -1.52. The van der Waals surface area contributed by atoms with Crippen LogP contribution in [0.25, 0.3) is 0 Å². The number of aromatic amines is 2. The molecule has 0 saturated carbocycles. The first-order valence-corrected chi connectivity index (χ1v) is 2.78. The topological polar surface area (TPSA) is 84.5 Å². The van der Waals surface area contributed by atoms with Gasteiger partial charge in [-0.1, -0.05) is 0 Å². The maximum atomic E-state index is 10.6. The van der Waals surface area contributed by atoms with Crippen LogP contribution in [-0.4, -0.2) is 23.2 Å². The van der Waals surface area contributed by atoms with Crippen LogP contribution in [0.5, 0.6) is 0 Å². The van der Waals surface area contributed by atoms with Gasteiger partial charge in [-0.05, 0) is 0 Å². The van der Waals surface area contributed by atoms with E-state index in [0.29, 0.717) is 11.5 Å². The molecule has 1 aromatic heterocycles. The molecule has 0 spiro atoms. The minimum absolute atomic E-state index is 0.303. The van der Waals surface area contributed by atoms with Gasteiger partial charge in [0.15, 0.2) is 0 Å².